The molecule has 2 aliphatic heterocycles. The van der Waals surface area contributed by atoms with Crippen LogP contribution in [0.25, 0.3) is 0 Å². The number of nitrogens with one attached hydrogen (secondary N) is 1. The second-order valence-corrected chi connectivity index (χ2v) is 5.91. The van der Waals surface area contributed by atoms with Gasteiger partial charge in [-0.3, -0.25) is 0 Å². The van der Waals surface area contributed by atoms with Gasteiger partial charge in [0.2, 0.25) is 0 Å². The third-order valence-corrected chi connectivity index (χ3v) is 4.60. The molecule has 4 atom stereocenters. The average molecular weight is 237 g/mol. The van der Waals surface area contributed by atoms with Crippen LogP contribution in [0.1, 0.15) is 13.3 Å². The maximum atomic E-state index is 3.54. The summed E-state index contributed by atoms with van der Waals surface area (Å²) in [5, 5.41) is 3.54. The zero-order chi connectivity index (χ0) is 12.4. The van der Waals surface area contributed by atoms with E-state index in [0.717, 1.165) is 11.8 Å². The first-order valence-electron chi connectivity index (χ1n) is 6.86. The molecule has 2 rings (SSSR count). The normalized spacial score (nSPS) is 39.6. The number of allylic oxidation sites excluding steroid dienone is 1. The maximum absolute atomic E-state index is 3.54. The average Bonchev–Trinajstić information content (AvgIpc) is 2.32. The number of nitrogens with zero attached hydrogens (tertiary/aromatic N) is 2. The van der Waals surface area contributed by atoms with Crippen LogP contribution in [-0.4, -0.2) is 56.6 Å². The highest BCUT2D eigenvalue weighted by atomic mass is 15.1. The molecule has 2 heterocycles. The van der Waals surface area contributed by atoms with E-state index in [0.29, 0.717) is 12.0 Å². The topological polar surface area (TPSA) is 18.5 Å². The van der Waals surface area contributed by atoms with Crippen molar-refractivity contribution in [3.63, 3.8) is 0 Å². The van der Waals surface area contributed by atoms with Crippen molar-refractivity contribution in [3.8, 4) is 0 Å². The first kappa shape index (κ1) is 12.9. The fourth-order valence-electron chi connectivity index (χ4n) is 3.45. The molecule has 3 heteroatoms. The minimum absolute atomic E-state index is 0.693. The quantitative estimate of drug-likeness (QED) is 0.779. The van der Waals surface area contributed by atoms with Gasteiger partial charge in [-0.2, -0.15) is 0 Å². The summed E-state index contributed by atoms with van der Waals surface area (Å²) in [6.45, 7) is 6.04. The van der Waals surface area contributed by atoms with Gasteiger partial charge in [0.15, 0.2) is 0 Å². The van der Waals surface area contributed by atoms with Gasteiger partial charge in [-0.15, -0.1) is 0 Å². The SMILES string of the molecule is CNC1CCN(C)CC1C1CN(C)C=CC1C. The molecule has 0 aromatic carbocycles. The molecule has 0 aromatic heterocycles. The molecule has 1 saturated heterocycles. The Hall–Kier alpha value is -0.540. The Kier molecular flexibility index (Phi) is 4.10. The monoisotopic (exact) mass is 237 g/mol. The number of hydrogen-bond acceptors (Lipinski definition) is 3. The van der Waals surface area contributed by atoms with E-state index in [1.807, 2.05) is 0 Å². The molecule has 2 aliphatic rings. The molecule has 3 nitrogen and oxygen atoms in total. The number of piperidine rings is 1. The lowest BCUT2D eigenvalue weighted by Crippen LogP contribution is -2.53. The van der Waals surface area contributed by atoms with Crippen LogP contribution in [0.5, 0.6) is 0 Å². The molecule has 0 radical (unpaired) electrons. The second-order valence-electron chi connectivity index (χ2n) is 5.91. The lowest BCUT2D eigenvalue weighted by atomic mass is 9.74. The van der Waals surface area contributed by atoms with E-state index >= 15 is 0 Å². The van der Waals surface area contributed by atoms with Crippen molar-refractivity contribution in [3.05, 3.63) is 12.3 Å². The molecule has 98 valence electrons. The zero-order valence-electron chi connectivity index (χ0n) is 11.7. The van der Waals surface area contributed by atoms with Crippen LogP contribution in [0.4, 0.5) is 0 Å². The summed E-state index contributed by atoms with van der Waals surface area (Å²) in [4.78, 5) is 4.83. The molecule has 0 spiro atoms. The van der Waals surface area contributed by atoms with Crippen molar-refractivity contribution < 1.29 is 0 Å². The number of hydrogen-bond donors (Lipinski definition) is 1. The molecule has 0 amide bonds. The molecule has 0 saturated carbocycles. The van der Waals surface area contributed by atoms with Gasteiger partial charge in [0, 0.05) is 26.2 Å². The maximum Gasteiger partial charge on any atom is 0.0206 e. The summed E-state index contributed by atoms with van der Waals surface area (Å²) < 4.78 is 0. The molecular weight excluding hydrogens is 210 g/mol. The number of rotatable bonds is 2. The molecule has 1 N–H and O–H groups in total. The van der Waals surface area contributed by atoms with E-state index in [1.165, 1.54) is 26.1 Å². The van der Waals surface area contributed by atoms with E-state index in [-0.39, 0.29) is 0 Å². The van der Waals surface area contributed by atoms with Gasteiger partial charge >= 0.3 is 0 Å². The Labute approximate surface area is 106 Å². The van der Waals surface area contributed by atoms with Crippen LogP contribution >= 0.6 is 0 Å². The predicted molar refractivity (Wildman–Crippen MR) is 72.9 cm³/mol. The van der Waals surface area contributed by atoms with Gasteiger partial charge in [-0.1, -0.05) is 13.0 Å². The van der Waals surface area contributed by atoms with Crippen LogP contribution in [0.2, 0.25) is 0 Å². The minimum Gasteiger partial charge on any atom is -0.380 e. The summed E-state index contributed by atoms with van der Waals surface area (Å²) >= 11 is 0. The summed E-state index contributed by atoms with van der Waals surface area (Å²) in [7, 11) is 6.57. The number of likely N-dealkylation sites (tertiary alicyclic amines) is 1. The molecular formula is C14H27N3. The summed E-state index contributed by atoms with van der Waals surface area (Å²) in [6.07, 6.45) is 5.89. The Morgan fingerprint density at radius 1 is 1.18 bits per heavy atom. The smallest absolute Gasteiger partial charge is 0.0206 e. The highest BCUT2D eigenvalue weighted by Gasteiger charge is 2.36. The van der Waals surface area contributed by atoms with Crippen LogP contribution in [0.15, 0.2) is 12.3 Å². The highest BCUT2D eigenvalue weighted by Crippen LogP contribution is 2.32. The molecule has 0 aliphatic carbocycles. The molecule has 17 heavy (non-hydrogen) atoms. The van der Waals surface area contributed by atoms with Crippen molar-refractivity contribution in [2.45, 2.75) is 19.4 Å². The van der Waals surface area contributed by atoms with Gasteiger partial charge in [0.05, 0.1) is 0 Å². The minimum atomic E-state index is 0.693. The molecule has 0 aromatic rings. The lowest BCUT2D eigenvalue weighted by Gasteiger charge is -2.45. The van der Waals surface area contributed by atoms with Gasteiger partial charge in [0.1, 0.15) is 0 Å². The van der Waals surface area contributed by atoms with Gasteiger partial charge in [-0.25, -0.2) is 0 Å². The summed E-state index contributed by atoms with van der Waals surface area (Å²) in [5.41, 5.74) is 0. The van der Waals surface area contributed by atoms with Gasteiger partial charge in [0.25, 0.3) is 0 Å². The van der Waals surface area contributed by atoms with Crippen LogP contribution in [0.3, 0.4) is 0 Å². The van der Waals surface area contributed by atoms with E-state index in [4.69, 9.17) is 0 Å². The van der Waals surface area contributed by atoms with E-state index in [2.05, 4.69) is 55.5 Å². The fraction of sp³-hybridized carbons (Fsp3) is 0.857. The van der Waals surface area contributed by atoms with E-state index in [1.54, 1.807) is 0 Å². The molecule has 4 unspecified atom stereocenters. The Morgan fingerprint density at radius 3 is 2.65 bits per heavy atom. The van der Waals surface area contributed by atoms with Crippen molar-refractivity contribution in [2.24, 2.45) is 17.8 Å². The fourth-order valence-corrected chi connectivity index (χ4v) is 3.45. The first-order valence-corrected chi connectivity index (χ1v) is 6.86. The zero-order valence-corrected chi connectivity index (χ0v) is 11.7. The standard InChI is InChI=1S/C14H27N3/c1-11-5-7-16(3)9-12(11)13-10-17(4)8-6-14(13)15-2/h5,7,11-15H,6,8-10H2,1-4H3. The summed E-state index contributed by atoms with van der Waals surface area (Å²) in [5.74, 6) is 2.27. The molecule has 0 bridgehead atoms. The second kappa shape index (κ2) is 5.40. The predicted octanol–water partition coefficient (Wildman–Crippen LogP) is 1.24. The summed E-state index contributed by atoms with van der Waals surface area (Å²) in [6, 6.07) is 0.693. The molecule has 1 fully saturated rings. The Balaban J connectivity index is 2.09. The van der Waals surface area contributed by atoms with Crippen LogP contribution in [-0.2, 0) is 0 Å². The van der Waals surface area contributed by atoms with E-state index < -0.39 is 0 Å². The van der Waals surface area contributed by atoms with E-state index in [9.17, 15) is 0 Å². The van der Waals surface area contributed by atoms with Crippen molar-refractivity contribution >= 4 is 0 Å². The van der Waals surface area contributed by atoms with Crippen molar-refractivity contribution in [1.82, 2.24) is 15.1 Å². The Morgan fingerprint density at radius 2 is 1.94 bits per heavy atom. The Bertz CT molecular complexity index is 277. The largest absolute Gasteiger partial charge is 0.380 e. The van der Waals surface area contributed by atoms with Gasteiger partial charge < -0.3 is 15.1 Å². The van der Waals surface area contributed by atoms with Crippen molar-refractivity contribution in [2.75, 3.05) is 40.8 Å². The lowest BCUT2D eigenvalue weighted by molar-refractivity contribution is 0.0850. The third kappa shape index (κ3) is 2.83. The van der Waals surface area contributed by atoms with Crippen molar-refractivity contribution in [1.29, 1.82) is 0 Å². The van der Waals surface area contributed by atoms with Crippen LogP contribution < -0.4 is 5.32 Å². The first-order chi connectivity index (χ1) is 8.11. The third-order valence-electron chi connectivity index (χ3n) is 4.60. The highest BCUT2D eigenvalue weighted by molar-refractivity contribution is 5.00. The van der Waals surface area contributed by atoms with Gasteiger partial charge in [-0.05, 0) is 51.0 Å². The van der Waals surface area contributed by atoms with Crippen LogP contribution in [0, 0.1) is 17.8 Å².